The SMILES string of the molecule is CCN1CC(F)(F)CCC1=O. The minimum absolute atomic E-state index is 0.0131. The minimum atomic E-state index is -2.66. The van der Waals surface area contributed by atoms with Crippen LogP contribution in [0.5, 0.6) is 0 Å². The monoisotopic (exact) mass is 163 g/mol. The van der Waals surface area contributed by atoms with Gasteiger partial charge in [0.2, 0.25) is 5.91 Å². The average Bonchev–Trinajstić information content (AvgIpc) is 1.94. The number of likely N-dealkylation sites (tertiary alicyclic amines) is 1. The van der Waals surface area contributed by atoms with Gasteiger partial charge in [-0.1, -0.05) is 0 Å². The number of halogens is 2. The Balaban J connectivity index is 2.58. The predicted octanol–water partition coefficient (Wildman–Crippen LogP) is 1.26. The van der Waals surface area contributed by atoms with Gasteiger partial charge in [0.15, 0.2) is 0 Å². The lowest BCUT2D eigenvalue weighted by Crippen LogP contribution is -2.45. The molecule has 0 aromatic carbocycles. The summed E-state index contributed by atoms with van der Waals surface area (Å²) in [6, 6.07) is 0. The Hall–Kier alpha value is -0.670. The number of hydrogen-bond acceptors (Lipinski definition) is 1. The molecule has 0 bridgehead atoms. The third-order valence-electron chi connectivity index (χ3n) is 1.86. The lowest BCUT2D eigenvalue weighted by Gasteiger charge is -2.31. The largest absolute Gasteiger partial charge is 0.337 e. The third kappa shape index (κ3) is 1.88. The second-order valence-electron chi connectivity index (χ2n) is 2.76. The van der Waals surface area contributed by atoms with Crippen LogP contribution in [0.3, 0.4) is 0 Å². The van der Waals surface area contributed by atoms with Gasteiger partial charge in [-0.2, -0.15) is 0 Å². The summed E-state index contributed by atoms with van der Waals surface area (Å²) in [5.74, 6) is -2.82. The van der Waals surface area contributed by atoms with Gasteiger partial charge in [-0.05, 0) is 6.92 Å². The van der Waals surface area contributed by atoms with Gasteiger partial charge in [0.25, 0.3) is 5.92 Å². The molecule has 0 aliphatic carbocycles. The molecule has 4 heteroatoms. The Morgan fingerprint density at radius 1 is 1.64 bits per heavy atom. The summed E-state index contributed by atoms with van der Waals surface area (Å²) >= 11 is 0. The van der Waals surface area contributed by atoms with Crippen molar-refractivity contribution in [2.75, 3.05) is 13.1 Å². The maximum Gasteiger partial charge on any atom is 0.265 e. The molecule has 0 N–H and O–H groups in total. The van der Waals surface area contributed by atoms with E-state index in [2.05, 4.69) is 0 Å². The van der Waals surface area contributed by atoms with Crippen LogP contribution < -0.4 is 0 Å². The Kier molecular flexibility index (Phi) is 2.11. The molecule has 2 nitrogen and oxygen atoms in total. The van der Waals surface area contributed by atoms with E-state index in [-0.39, 0.29) is 18.7 Å². The highest BCUT2D eigenvalue weighted by molar-refractivity contribution is 5.77. The van der Waals surface area contributed by atoms with E-state index >= 15 is 0 Å². The van der Waals surface area contributed by atoms with E-state index in [0.717, 1.165) is 0 Å². The van der Waals surface area contributed by atoms with Crippen LogP contribution in [0.25, 0.3) is 0 Å². The standard InChI is InChI=1S/C7H11F2NO/c1-2-10-5-7(8,9)4-3-6(10)11/h2-5H2,1H3. The number of piperidine rings is 1. The fourth-order valence-corrected chi connectivity index (χ4v) is 1.18. The van der Waals surface area contributed by atoms with Crippen molar-refractivity contribution in [2.45, 2.75) is 25.7 Å². The quantitative estimate of drug-likeness (QED) is 0.570. The first-order valence-corrected chi connectivity index (χ1v) is 3.71. The topological polar surface area (TPSA) is 20.3 Å². The molecule has 1 heterocycles. The number of rotatable bonds is 1. The zero-order valence-electron chi connectivity index (χ0n) is 6.44. The molecular weight excluding hydrogens is 152 g/mol. The lowest BCUT2D eigenvalue weighted by molar-refractivity contribution is -0.146. The van der Waals surface area contributed by atoms with E-state index in [1.165, 1.54) is 4.90 Å². The highest BCUT2D eigenvalue weighted by Gasteiger charge is 2.37. The van der Waals surface area contributed by atoms with Crippen molar-refractivity contribution in [3.63, 3.8) is 0 Å². The second kappa shape index (κ2) is 2.75. The molecule has 1 saturated heterocycles. The molecule has 1 rings (SSSR count). The maximum atomic E-state index is 12.6. The van der Waals surface area contributed by atoms with Gasteiger partial charge in [0.1, 0.15) is 0 Å². The van der Waals surface area contributed by atoms with Crippen LogP contribution >= 0.6 is 0 Å². The van der Waals surface area contributed by atoms with Gasteiger partial charge in [-0.15, -0.1) is 0 Å². The molecule has 1 aliphatic rings. The molecule has 0 aromatic rings. The molecule has 1 aliphatic heterocycles. The van der Waals surface area contributed by atoms with Gasteiger partial charge in [-0.25, -0.2) is 8.78 Å². The smallest absolute Gasteiger partial charge is 0.265 e. The van der Waals surface area contributed by atoms with Gasteiger partial charge in [-0.3, -0.25) is 4.79 Å². The van der Waals surface area contributed by atoms with Gasteiger partial charge in [0, 0.05) is 19.4 Å². The van der Waals surface area contributed by atoms with E-state index in [0.29, 0.717) is 6.54 Å². The first kappa shape index (κ1) is 8.43. The lowest BCUT2D eigenvalue weighted by atomic mass is 10.1. The third-order valence-corrected chi connectivity index (χ3v) is 1.86. The summed E-state index contributed by atoms with van der Waals surface area (Å²) in [6.07, 6.45) is -0.302. The summed E-state index contributed by atoms with van der Waals surface area (Å²) in [6.45, 7) is 1.69. The summed E-state index contributed by atoms with van der Waals surface area (Å²) in [5.41, 5.74) is 0. The van der Waals surface area contributed by atoms with Crippen LogP contribution in [-0.2, 0) is 4.79 Å². The Labute approximate surface area is 64.2 Å². The molecule has 0 atom stereocenters. The number of carbonyl (C=O) groups excluding carboxylic acids is 1. The van der Waals surface area contributed by atoms with E-state index in [4.69, 9.17) is 0 Å². The predicted molar refractivity (Wildman–Crippen MR) is 36.4 cm³/mol. The number of nitrogens with zero attached hydrogens (tertiary/aromatic N) is 1. The van der Waals surface area contributed by atoms with Crippen molar-refractivity contribution in [2.24, 2.45) is 0 Å². The number of carbonyl (C=O) groups is 1. The van der Waals surface area contributed by atoms with Crippen LogP contribution in [0.4, 0.5) is 8.78 Å². The van der Waals surface area contributed by atoms with Crippen LogP contribution in [0.1, 0.15) is 19.8 Å². The normalized spacial score (nSPS) is 23.9. The summed E-state index contributed by atoms with van der Waals surface area (Å²) in [7, 11) is 0. The average molecular weight is 163 g/mol. The van der Waals surface area contributed by atoms with Crippen LogP contribution in [-0.4, -0.2) is 29.8 Å². The minimum Gasteiger partial charge on any atom is -0.337 e. The number of amides is 1. The van der Waals surface area contributed by atoms with E-state index in [1.54, 1.807) is 6.92 Å². The molecule has 11 heavy (non-hydrogen) atoms. The van der Waals surface area contributed by atoms with Crippen molar-refractivity contribution in [1.29, 1.82) is 0 Å². The fraction of sp³-hybridized carbons (Fsp3) is 0.857. The van der Waals surface area contributed by atoms with E-state index in [9.17, 15) is 13.6 Å². The van der Waals surface area contributed by atoms with Crippen molar-refractivity contribution < 1.29 is 13.6 Å². The summed E-state index contributed by atoms with van der Waals surface area (Å²) < 4.78 is 25.2. The zero-order chi connectivity index (χ0) is 8.48. The molecule has 1 fully saturated rings. The highest BCUT2D eigenvalue weighted by atomic mass is 19.3. The maximum absolute atomic E-state index is 12.6. The molecule has 0 saturated carbocycles. The molecule has 64 valence electrons. The van der Waals surface area contributed by atoms with Crippen molar-refractivity contribution in [3.8, 4) is 0 Å². The number of alkyl halides is 2. The molecule has 0 unspecified atom stereocenters. The summed E-state index contributed by atoms with van der Waals surface area (Å²) in [5, 5.41) is 0. The Morgan fingerprint density at radius 3 is 2.73 bits per heavy atom. The van der Waals surface area contributed by atoms with Gasteiger partial charge < -0.3 is 4.90 Å². The van der Waals surface area contributed by atoms with Crippen molar-refractivity contribution >= 4 is 5.91 Å². The first-order valence-electron chi connectivity index (χ1n) is 3.71. The summed E-state index contributed by atoms with van der Waals surface area (Å²) in [4.78, 5) is 12.1. The molecule has 0 radical (unpaired) electrons. The highest BCUT2D eigenvalue weighted by Crippen LogP contribution is 2.26. The Bertz CT molecular complexity index is 170. The molecule has 1 amide bonds. The van der Waals surface area contributed by atoms with E-state index in [1.807, 2.05) is 0 Å². The van der Waals surface area contributed by atoms with Crippen LogP contribution in [0, 0.1) is 0 Å². The van der Waals surface area contributed by atoms with Crippen molar-refractivity contribution in [1.82, 2.24) is 4.90 Å². The molecular formula is C7H11F2NO. The van der Waals surface area contributed by atoms with Gasteiger partial charge in [0.05, 0.1) is 6.54 Å². The van der Waals surface area contributed by atoms with Crippen molar-refractivity contribution in [3.05, 3.63) is 0 Å². The fourth-order valence-electron chi connectivity index (χ4n) is 1.18. The van der Waals surface area contributed by atoms with E-state index < -0.39 is 12.5 Å². The molecule has 0 aromatic heterocycles. The second-order valence-corrected chi connectivity index (χ2v) is 2.76. The Morgan fingerprint density at radius 2 is 2.27 bits per heavy atom. The van der Waals surface area contributed by atoms with Crippen LogP contribution in [0.2, 0.25) is 0 Å². The zero-order valence-corrected chi connectivity index (χ0v) is 6.44. The molecule has 0 spiro atoms. The first-order chi connectivity index (χ1) is 5.05. The van der Waals surface area contributed by atoms with Crippen LogP contribution in [0.15, 0.2) is 0 Å². The number of hydrogen-bond donors (Lipinski definition) is 0. The van der Waals surface area contributed by atoms with Gasteiger partial charge >= 0.3 is 0 Å².